The molecule has 2 aromatic rings. The first kappa shape index (κ1) is 11.2. The van der Waals surface area contributed by atoms with Crippen LogP contribution in [0.25, 0.3) is 11.3 Å². The van der Waals surface area contributed by atoms with Gasteiger partial charge < -0.3 is 0 Å². The van der Waals surface area contributed by atoms with E-state index in [-0.39, 0.29) is 5.82 Å². The molecule has 0 saturated carbocycles. The van der Waals surface area contributed by atoms with E-state index < -0.39 is 0 Å². The molecule has 0 amide bonds. The van der Waals surface area contributed by atoms with E-state index >= 15 is 0 Å². The molecule has 0 fully saturated rings. The van der Waals surface area contributed by atoms with Crippen LogP contribution in [0.15, 0.2) is 24.3 Å². The SMILES string of the molecule is Cc1cc(-c2cc(CS)nn2C)ccc1F. The number of hydrogen-bond acceptors (Lipinski definition) is 2. The minimum absolute atomic E-state index is 0.180. The molecule has 0 saturated heterocycles. The topological polar surface area (TPSA) is 17.8 Å². The maximum Gasteiger partial charge on any atom is 0.126 e. The summed E-state index contributed by atoms with van der Waals surface area (Å²) in [5, 5.41) is 4.30. The van der Waals surface area contributed by atoms with Crippen LogP contribution < -0.4 is 0 Å². The Balaban J connectivity index is 2.49. The smallest absolute Gasteiger partial charge is 0.126 e. The second kappa shape index (κ2) is 4.29. The number of nitrogens with zero attached hydrogens (tertiary/aromatic N) is 2. The summed E-state index contributed by atoms with van der Waals surface area (Å²) >= 11 is 4.18. The molecule has 0 atom stereocenters. The van der Waals surface area contributed by atoms with Crippen molar-refractivity contribution in [3.05, 3.63) is 41.3 Å². The van der Waals surface area contributed by atoms with Crippen molar-refractivity contribution in [2.45, 2.75) is 12.7 Å². The molecule has 1 heterocycles. The van der Waals surface area contributed by atoms with Gasteiger partial charge in [-0.3, -0.25) is 4.68 Å². The van der Waals surface area contributed by atoms with Crippen LogP contribution in [0.2, 0.25) is 0 Å². The van der Waals surface area contributed by atoms with Crippen molar-refractivity contribution < 1.29 is 4.39 Å². The third kappa shape index (κ3) is 1.97. The molecule has 4 heteroatoms. The quantitative estimate of drug-likeness (QED) is 0.794. The zero-order valence-electron chi connectivity index (χ0n) is 9.24. The number of rotatable bonds is 2. The second-order valence-electron chi connectivity index (χ2n) is 3.77. The van der Waals surface area contributed by atoms with Crippen molar-refractivity contribution in [3.63, 3.8) is 0 Å². The van der Waals surface area contributed by atoms with E-state index in [9.17, 15) is 4.39 Å². The van der Waals surface area contributed by atoms with Crippen LogP contribution in [-0.4, -0.2) is 9.78 Å². The standard InChI is InChI=1S/C12H13FN2S/c1-8-5-9(3-4-11(8)13)12-6-10(7-16)14-15(12)2/h3-6,16H,7H2,1-2H3. The van der Waals surface area contributed by atoms with Gasteiger partial charge in [-0.1, -0.05) is 0 Å². The molecule has 0 N–H and O–H groups in total. The van der Waals surface area contributed by atoms with Crippen LogP contribution in [0.4, 0.5) is 4.39 Å². The van der Waals surface area contributed by atoms with E-state index in [1.54, 1.807) is 17.7 Å². The number of aromatic nitrogens is 2. The predicted molar refractivity (Wildman–Crippen MR) is 66.0 cm³/mol. The Labute approximate surface area is 99.5 Å². The van der Waals surface area contributed by atoms with Gasteiger partial charge in [0, 0.05) is 18.4 Å². The Kier molecular flexibility index (Phi) is 3.01. The first-order valence-corrected chi connectivity index (χ1v) is 5.65. The Morgan fingerprint density at radius 2 is 2.12 bits per heavy atom. The van der Waals surface area contributed by atoms with Crippen molar-refractivity contribution in [3.8, 4) is 11.3 Å². The van der Waals surface area contributed by atoms with E-state index in [1.807, 2.05) is 19.2 Å². The Bertz CT molecular complexity index is 520. The molecule has 0 unspecified atom stereocenters. The molecule has 2 rings (SSSR count). The third-order valence-corrected chi connectivity index (χ3v) is 2.87. The summed E-state index contributed by atoms with van der Waals surface area (Å²) in [5.41, 5.74) is 3.52. The molecule has 1 aromatic carbocycles. The number of hydrogen-bond donors (Lipinski definition) is 1. The first-order valence-electron chi connectivity index (χ1n) is 5.02. The Hall–Kier alpha value is -1.29. The lowest BCUT2D eigenvalue weighted by atomic mass is 10.1. The maximum atomic E-state index is 13.2. The summed E-state index contributed by atoms with van der Waals surface area (Å²) in [7, 11) is 1.88. The van der Waals surface area contributed by atoms with Crippen LogP contribution >= 0.6 is 12.6 Å². The van der Waals surface area contributed by atoms with Crippen LogP contribution in [0, 0.1) is 12.7 Å². The van der Waals surface area contributed by atoms with Gasteiger partial charge in [0.25, 0.3) is 0 Å². The van der Waals surface area contributed by atoms with Crippen LogP contribution in [-0.2, 0) is 12.8 Å². The van der Waals surface area contributed by atoms with Crippen LogP contribution in [0.3, 0.4) is 0 Å². The van der Waals surface area contributed by atoms with E-state index in [2.05, 4.69) is 17.7 Å². The Morgan fingerprint density at radius 3 is 2.69 bits per heavy atom. The fourth-order valence-electron chi connectivity index (χ4n) is 1.68. The van der Waals surface area contributed by atoms with Crippen molar-refractivity contribution in [1.82, 2.24) is 9.78 Å². The van der Waals surface area contributed by atoms with Crippen molar-refractivity contribution in [2.24, 2.45) is 7.05 Å². The number of benzene rings is 1. The fourth-order valence-corrected chi connectivity index (χ4v) is 1.83. The zero-order chi connectivity index (χ0) is 11.7. The highest BCUT2D eigenvalue weighted by molar-refractivity contribution is 7.79. The summed E-state index contributed by atoms with van der Waals surface area (Å²) < 4.78 is 14.9. The molecule has 2 nitrogen and oxygen atoms in total. The molecular formula is C12H13FN2S. The summed E-state index contributed by atoms with van der Waals surface area (Å²) in [5.74, 6) is 0.425. The molecule has 0 spiro atoms. The molecule has 0 aliphatic heterocycles. The van der Waals surface area contributed by atoms with E-state index in [4.69, 9.17) is 0 Å². The summed E-state index contributed by atoms with van der Waals surface area (Å²) in [6, 6.07) is 7.05. The van der Waals surface area contributed by atoms with E-state index in [0.29, 0.717) is 11.3 Å². The minimum atomic E-state index is -0.180. The highest BCUT2D eigenvalue weighted by Crippen LogP contribution is 2.22. The maximum absolute atomic E-state index is 13.2. The highest BCUT2D eigenvalue weighted by atomic mass is 32.1. The number of halogens is 1. The number of aryl methyl sites for hydroxylation is 2. The molecule has 0 bridgehead atoms. The third-order valence-electron chi connectivity index (χ3n) is 2.55. The summed E-state index contributed by atoms with van der Waals surface area (Å²) in [6.45, 7) is 1.76. The van der Waals surface area contributed by atoms with Gasteiger partial charge in [0.15, 0.2) is 0 Å². The van der Waals surface area contributed by atoms with Gasteiger partial charge in [0.2, 0.25) is 0 Å². The summed E-state index contributed by atoms with van der Waals surface area (Å²) in [4.78, 5) is 0. The van der Waals surface area contributed by atoms with Gasteiger partial charge in [-0.2, -0.15) is 17.7 Å². The second-order valence-corrected chi connectivity index (χ2v) is 4.08. The van der Waals surface area contributed by atoms with Gasteiger partial charge in [-0.25, -0.2) is 4.39 Å². The molecule has 16 heavy (non-hydrogen) atoms. The van der Waals surface area contributed by atoms with Gasteiger partial charge >= 0.3 is 0 Å². The molecule has 0 aliphatic rings. The normalized spacial score (nSPS) is 10.8. The molecule has 0 radical (unpaired) electrons. The summed E-state index contributed by atoms with van der Waals surface area (Å²) in [6.07, 6.45) is 0. The van der Waals surface area contributed by atoms with Crippen LogP contribution in [0.5, 0.6) is 0 Å². The molecule has 84 valence electrons. The average molecular weight is 236 g/mol. The van der Waals surface area contributed by atoms with Crippen molar-refractivity contribution >= 4 is 12.6 Å². The van der Waals surface area contributed by atoms with Crippen molar-refractivity contribution in [1.29, 1.82) is 0 Å². The molecular weight excluding hydrogens is 223 g/mol. The van der Waals surface area contributed by atoms with E-state index in [0.717, 1.165) is 17.0 Å². The Morgan fingerprint density at radius 1 is 1.38 bits per heavy atom. The average Bonchev–Trinajstić information content (AvgIpc) is 2.64. The monoisotopic (exact) mass is 236 g/mol. The van der Waals surface area contributed by atoms with Gasteiger partial charge in [0.1, 0.15) is 5.82 Å². The van der Waals surface area contributed by atoms with Crippen molar-refractivity contribution in [2.75, 3.05) is 0 Å². The molecule has 0 aliphatic carbocycles. The van der Waals surface area contributed by atoms with Gasteiger partial charge in [-0.05, 0) is 36.8 Å². The predicted octanol–water partition coefficient (Wildman–Crippen LogP) is 2.96. The largest absolute Gasteiger partial charge is 0.268 e. The van der Waals surface area contributed by atoms with Gasteiger partial charge in [0.05, 0.1) is 11.4 Å². The van der Waals surface area contributed by atoms with Crippen LogP contribution in [0.1, 0.15) is 11.3 Å². The first-order chi connectivity index (χ1) is 7.61. The van der Waals surface area contributed by atoms with Gasteiger partial charge in [-0.15, -0.1) is 0 Å². The fraction of sp³-hybridized carbons (Fsp3) is 0.250. The lowest BCUT2D eigenvalue weighted by Gasteiger charge is -2.03. The number of thiol groups is 1. The zero-order valence-corrected chi connectivity index (χ0v) is 10.1. The molecule has 1 aromatic heterocycles. The highest BCUT2D eigenvalue weighted by Gasteiger charge is 2.07. The minimum Gasteiger partial charge on any atom is -0.268 e. The lowest BCUT2D eigenvalue weighted by Crippen LogP contribution is -1.94. The van der Waals surface area contributed by atoms with E-state index in [1.165, 1.54) is 6.07 Å². The lowest BCUT2D eigenvalue weighted by molar-refractivity contribution is 0.618.